The van der Waals surface area contributed by atoms with Crippen molar-refractivity contribution in [1.29, 1.82) is 0 Å². The van der Waals surface area contributed by atoms with Crippen molar-refractivity contribution in [2.24, 2.45) is 0 Å². The molecule has 2 radical (unpaired) electrons. The second kappa shape index (κ2) is 80.4. The zero-order valence-corrected chi connectivity index (χ0v) is 103. The molecule has 140 heavy (non-hydrogen) atoms. The summed E-state index contributed by atoms with van der Waals surface area (Å²) in [7, 11) is 23.1. The van der Waals surface area contributed by atoms with Crippen LogP contribution in [0.15, 0.2) is 262 Å². The summed E-state index contributed by atoms with van der Waals surface area (Å²) in [5, 5.41) is 69.6. The first kappa shape index (κ1) is 138. The molecule has 0 aliphatic heterocycles. The summed E-state index contributed by atoms with van der Waals surface area (Å²) in [6, 6.07) is 68.7. The third-order valence-corrected chi connectivity index (χ3v) is 18.2. The maximum atomic E-state index is 12.3. The Balaban J connectivity index is -0.000000778. The second-order valence-corrected chi connectivity index (χ2v) is 36.9. The van der Waals surface area contributed by atoms with Gasteiger partial charge >= 0.3 is 195 Å². The number of aliphatic hydroxyl groups excluding tert-OH is 2. The average Bonchev–Trinajstić information content (AvgIpc) is 0.835. The summed E-state index contributed by atoms with van der Waals surface area (Å²) < 4.78 is 15.6. The van der Waals surface area contributed by atoms with Crippen LogP contribution in [0.1, 0.15) is 42.9 Å². The quantitative estimate of drug-likeness (QED) is 0.00253. The number of halogens is 14. The van der Waals surface area contributed by atoms with Gasteiger partial charge in [-0.3, -0.25) is 49.5 Å². The fourth-order valence-electron chi connectivity index (χ4n) is 10.4. The Hall–Kier alpha value is -5.72. The van der Waals surface area contributed by atoms with Crippen LogP contribution in [0.3, 0.4) is 0 Å². The molecule has 0 saturated carbocycles. The first-order valence-electron chi connectivity index (χ1n) is 39.7. The molecule has 12 aromatic rings. The largest absolute Gasteiger partial charge is 1.00 e. The summed E-state index contributed by atoms with van der Waals surface area (Å²) in [5.41, 5.74) is 13.8. The first-order valence-corrected chi connectivity index (χ1v) is 50.8. The maximum Gasteiger partial charge on any atom is 1.00 e. The van der Waals surface area contributed by atoms with Gasteiger partial charge in [-0.15, -0.1) is 36.4 Å². The number of carbonyl (C=O) groups is 4. The Morgan fingerprint density at radius 1 is 0.536 bits per heavy atom. The fourth-order valence-corrected chi connectivity index (χ4v) is 11.6. The minimum Gasteiger partial charge on any atom is -1.00 e. The first-order chi connectivity index (χ1) is 64.7. The molecule has 4 heterocycles. The van der Waals surface area contributed by atoms with E-state index in [9.17, 15) is 53.8 Å². The van der Waals surface area contributed by atoms with E-state index in [1.165, 1.54) is 72.4 Å². The van der Waals surface area contributed by atoms with Gasteiger partial charge in [-0.1, -0.05) is 143 Å². The van der Waals surface area contributed by atoms with Crippen LogP contribution in [0.25, 0.3) is 45.0 Å². The summed E-state index contributed by atoms with van der Waals surface area (Å²) in [4.78, 5) is 115. The Morgan fingerprint density at radius 2 is 0.879 bits per heavy atom. The third-order valence-electron chi connectivity index (χ3n) is 16.4. The van der Waals surface area contributed by atoms with E-state index in [0.29, 0.717) is 80.7 Å². The number of hydrogen-bond acceptors (Lipinski definition) is 25. The molecule has 0 atom stereocenters. The number of nitro benzene ring substituents is 2. The van der Waals surface area contributed by atoms with Crippen molar-refractivity contribution in [3.05, 3.63) is 347 Å². The molecule has 8 N–H and O–H groups in total. The Labute approximate surface area is 1010 Å². The Morgan fingerprint density at radius 3 is 1.19 bits per heavy atom. The molecular weight excluding hydrogens is 2460 g/mol. The molecule has 0 bridgehead atoms. The van der Waals surface area contributed by atoms with Gasteiger partial charge in [0.05, 0.1) is 107 Å². The van der Waals surface area contributed by atoms with E-state index in [1.54, 1.807) is 109 Å². The minimum absolute atomic E-state index is 0. The topological polar surface area (TPSA) is 456 Å². The minimum atomic E-state index is -2.04. The number of alkyl halides is 4. The number of aromatic nitrogens is 8. The van der Waals surface area contributed by atoms with Crippen molar-refractivity contribution in [2.75, 3.05) is 99.9 Å². The normalized spacial score (nSPS) is 9.81. The van der Waals surface area contributed by atoms with Crippen LogP contribution in [-0.2, 0) is 49.4 Å². The number of nitrogens with one attached hydrogen (secondary N) is 4. The van der Waals surface area contributed by atoms with Gasteiger partial charge in [0.1, 0.15) is 0 Å². The monoisotopic (exact) mass is 2560 g/mol. The smallest absolute Gasteiger partial charge is 1.00 e. The summed E-state index contributed by atoms with van der Waals surface area (Å²) in [6.45, 7) is 4.63. The van der Waals surface area contributed by atoms with E-state index >= 15 is 0 Å². The molecular formula is C89H99Cl14Cs2N15O19Sn+2. The zero-order chi connectivity index (χ0) is 102. The molecule has 0 aliphatic rings. The zero-order valence-electron chi connectivity index (χ0n) is 77.6. The second-order valence-electron chi connectivity index (χ2n) is 27.8. The van der Waals surface area contributed by atoms with Gasteiger partial charge in [-0.2, -0.15) is 20.4 Å². The van der Waals surface area contributed by atoms with Gasteiger partial charge in [0.25, 0.3) is 40.1 Å². The van der Waals surface area contributed by atoms with Crippen molar-refractivity contribution in [2.45, 2.75) is 48.8 Å². The van der Waals surface area contributed by atoms with Gasteiger partial charge in [-0.05, 0) is 181 Å². The number of quaternary nitrogens is 2. The van der Waals surface area contributed by atoms with Gasteiger partial charge in [0.2, 0.25) is 0 Å². The van der Waals surface area contributed by atoms with Crippen LogP contribution in [0.4, 0.5) is 37.1 Å². The number of carbonyl (C=O) groups excluding carboxylic acids is 4. The van der Waals surface area contributed by atoms with Crippen LogP contribution >= 0.6 is 159 Å². The van der Waals surface area contributed by atoms with Crippen molar-refractivity contribution < 1.29 is 213 Å². The van der Waals surface area contributed by atoms with Crippen LogP contribution in [0, 0.1) is 20.2 Å². The average molecular weight is 2560 g/mol. The molecule has 0 saturated heterocycles. The van der Waals surface area contributed by atoms with Gasteiger partial charge in [-0.25, -0.2) is 33.5 Å². The number of aromatic amines is 1. The van der Waals surface area contributed by atoms with Crippen LogP contribution in [0.5, 0.6) is 0 Å². The fraction of sp³-hybridized carbons (Fsp3) is 0.236. The van der Waals surface area contributed by atoms with Crippen LogP contribution < -0.4 is 186 Å². The van der Waals surface area contributed by atoms with Crippen molar-refractivity contribution in [3.63, 3.8) is 0 Å². The molecule has 0 spiro atoms. The third kappa shape index (κ3) is 63.6. The Bertz CT molecular complexity index is 5850. The number of ether oxygens (including phenoxy) is 3. The predicted octanol–water partition coefficient (Wildman–Crippen LogP) is 10.4. The van der Waals surface area contributed by atoms with E-state index in [-0.39, 0.29) is 217 Å². The number of nitrogens with zero attached hydrogens (tertiary/aromatic N) is 10. The van der Waals surface area contributed by atoms with E-state index in [4.69, 9.17) is 153 Å². The van der Waals surface area contributed by atoms with E-state index in [0.717, 1.165) is 96.3 Å². The van der Waals surface area contributed by atoms with Crippen LogP contribution in [0.2, 0.25) is 20.1 Å². The summed E-state index contributed by atoms with van der Waals surface area (Å²) in [6.07, 6.45) is 2.05. The number of aliphatic hydroxyl groups is 2. The van der Waals surface area contributed by atoms with E-state index in [1.807, 2.05) is 113 Å². The van der Waals surface area contributed by atoms with Crippen molar-refractivity contribution >= 4 is 224 Å². The number of rotatable bonds is 26. The number of hydrogen-bond donors (Lipinski definition) is 7. The molecule has 0 aliphatic carbocycles. The Kier molecular flexibility index (Phi) is 79.5. The SMILES string of the molecule is CN(C)CCCO.CO.C[NH+](C)CCCOC(=O)Cl.C[NH+](C)CCCOC(=O)Nc1cccc(Cn2nc(-c3ccc(Cl)cc3)ccc2=O)c1.Cl.Cl.Nc1cccc(Cn2nc(-c3ccc(Cl)cc3)ccc2=O)c1.O=C(Cl)OC(Cl)(Cl)Cl.O=CO[O-].O=[N+]([O-])c1cccc(CCl)c1.O=c1ccc(-c2ccc(Cl)cc2)n[nH]1.O=c1ccc(-c2ccc(Cl)cc2)nn1Cc1cccc([N+](=O)[O-])c1.[Cl][Sn][Cl].[Cs+].[Cs+].[H-]. The number of nitrogen functional groups attached to an aromatic ring is 1. The number of nitro groups is 2. The number of amides is 1. The molecule has 34 nitrogen and oxygen atoms in total. The molecule has 1 amide bonds. The maximum absolute atomic E-state index is 12.3. The standard InChI is InChI=1S/C23H25ClN4O3.C17H12ClN3O3.C17H14ClN3O.C10H7ClN2O.C7H6ClNO2.C6H12ClNO2.C5H13NO.C2Cl4O2.CH2O3.CH4O.4ClH.2Cs.Sn.H/c1-27(2)13-4-14-31-23(30)25-20-6-3-5-17(15-20)16-28-22(29)12-11-21(26-28)18-7-9-19(24)10-8-18;18-14-6-4-13(5-7-14)16-8-9-17(22)20(19-16)11-12-2-1-3-15(10-12)21(23)24;18-14-6-4-13(5-7-14)16-8-9-17(22)21(20-16)11-12-2-1-3-15(19)10-12;11-8-3-1-7(2-4-8)9-5-6-10(14)13-12-9;8-5-6-2-1-3-7(4-6)9(10)11;1-8(2)4-3-5-10-6(7)9;1-6(2)4-3-5-7;3-1(7)8-2(4,5)6;2-1-4-3;1-2;;;;;;;;/h3,5-12,15H,4,13-14,16H2,1-2H3,(H,25,30);1-10H,11H2;1-10H,11,19H2;1-6H,(H,13,14);1-4H,5H2;3-5H2,1-2H3;7H,3-5H2,1-2H3;;1,3H;2H,1H3;4*1H;;;;/q;;;;;;;;;;;;;;2*+1;+2;-1/p-1. The van der Waals surface area contributed by atoms with Crippen molar-refractivity contribution in [1.82, 2.24) is 44.4 Å². The molecule has 746 valence electrons. The van der Waals surface area contributed by atoms with E-state index in [2.05, 4.69) is 75.8 Å². The van der Waals surface area contributed by atoms with Gasteiger partial charge in [0.15, 0.2) is 0 Å². The molecule has 4 aromatic heterocycles. The summed E-state index contributed by atoms with van der Waals surface area (Å²) >= 11 is 52.5. The van der Waals surface area contributed by atoms with Crippen LogP contribution in [-0.4, -0.2) is 200 Å². The van der Waals surface area contributed by atoms with Crippen molar-refractivity contribution in [3.8, 4) is 45.0 Å². The number of nitrogens with two attached hydrogens (primary N) is 1. The molecule has 0 unspecified atom stereocenters. The number of anilines is 2. The molecule has 12 rings (SSSR count). The number of benzene rings is 8. The molecule has 0 fully saturated rings. The van der Waals surface area contributed by atoms with E-state index < -0.39 is 49.7 Å². The van der Waals surface area contributed by atoms with Gasteiger partial charge in [0, 0.05) is 158 Å². The predicted molar refractivity (Wildman–Crippen MR) is 550 cm³/mol. The number of H-pyrrole nitrogens is 1. The molecule has 51 heteroatoms. The molecule has 8 aromatic carbocycles. The number of non-ortho nitro benzene ring substituents is 2. The van der Waals surface area contributed by atoms with Gasteiger partial charge < -0.3 is 56.4 Å². The summed E-state index contributed by atoms with van der Waals surface area (Å²) in [5.74, 6) is 0.307.